The zero-order valence-electron chi connectivity index (χ0n) is 15.7. The molecule has 0 aliphatic heterocycles. The lowest BCUT2D eigenvalue weighted by atomic mass is 9.78. The number of anilines is 1. The summed E-state index contributed by atoms with van der Waals surface area (Å²) in [5.41, 5.74) is 10.1. The van der Waals surface area contributed by atoms with Crippen molar-refractivity contribution >= 4 is 11.7 Å². The highest BCUT2D eigenvalue weighted by Crippen LogP contribution is 2.40. The van der Waals surface area contributed by atoms with Gasteiger partial charge in [-0.25, -0.2) is 14.4 Å². The quantitative estimate of drug-likeness (QED) is 0.744. The number of aryl methyl sites for hydroxylation is 1. The van der Waals surface area contributed by atoms with E-state index in [0.717, 1.165) is 11.1 Å². The van der Waals surface area contributed by atoms with Gasteiger partial charge in [-0.15, -0.1) is 0 Å². The Balaban J connectivity index is 1.82. The van der Waals surface area contributed by atoms with Gasteiger partial charge in [-0.3, -0.25) is 4.79 Å². The van der Waals surface area contributed by atoms with Crippen molar-refractivity contribution in [2.75, 3.05) is 12.8 Å². The van der Waals surface area contributed by atoms with Crippen molar-refractivity contribution in [1.82, 2.24) is 9.97 Å². The van der Waals surface area contributed by atoms with Crippen LogP contribution in [0.25, 0.3) is 11.1 Å². The third-order valence-corrected chi connectivity index (χ3v) is 5.18. The molecular formula is C22H20FN3O2. The predicted molar refractivity (Wildman–Crippen MR) is 105 cm³/mol. The summed E-state index contributed by atoms with van der Waals surface area (Å²) in [6, 6.07) is 12.1. The van der Waals surface area contributed by atoms with Crippen LogP contribution >= 0.6 is 0 Å². The Morgan fingerprint density at radius 1 is 1.11 bits per heavy atom. The van der Waals surface area contributed by atoms with E-state index in [1.165, 1.54) is 12.1 Å². The van der Waals surface area contributed by atoms with Crippen LogP contribution in [-0.2, 0) is 6.42 Å². The first-order chi connectivity index (χ1) is 13.5. The first-order valence-electron chi connectivity index (χ1n) is 9.07. The van der Waals surface area contributed by atoms with Crippen molar-refractivity contribution in [2.24, 2.45) is 0 Å². The number of nitrogen functional groups attached to an aromatic ring is 1. The van der Waals surface area contributed by atoms with Crippen LogP contribution in [0.2, 0.25) is 0 Å². The summed E-state index contributed by atoms with van der Waals surface area (Å²) >= 11 is 0. The van der Waals surface area contributed by atoms with Crippen molar-refractivity contribution in [3.8, 4) is 16.9 Å². The van der Waals surface area contributed by atoms with Crippen molar-refractivity contribution < 1.29 is 13.9 Å². The molecule has 1 heterocycles. The van der Waals surface area contributed by atoms with Crippen molar-refractivity contribution in [3.05, 3.63) is 70.8 Å². The van der Waals surface area contributed by atoms with Crippen molar-refractivity contribution in [3.63, 3.8) is 0 Å². The lowest BCUT2D eigenvalue weighted by molar-refractivity contribution is 0.0962. The highest BCUT2D eigenvalue weighted by atomic mass is 19.1. The van der Waals surface area contributed by atoms with Crippen LogP contribution in [0.1, 0.15) is 39.6 Å². The second kappa shape index (κ2) is 7.03. The summed E-state index contributed by atoms with van der Waals surface area (Å²) in [5.74, 6) is 0.332. The van der Waals surface area contributed by atoms with Gasteiger partial charge in [-0.05, 0) is 48.6 Å². The molecule has 142 valence electrons. The third kappa shape index (κ3) is 3.11. The summed E-state index contributed by atoms with van der Waals surface area (Å²) < 4.78 is 19.4. The van der Waals surface area contributed by atoms with Gasteiger partial charge < -0.3 is 10.5 Å². The van der Waals surface area contributed by atoms with E-state index in [9.17, 15) is 9.18 Å². The zero-order chi connectivity index (χ0) is 19.8. The summed E-state index contributed by atoms with van der Waals surface area (Å²) in [7, 11) is 1.56. The number of Topliss-reactive ketones (excluding diaryl/α,β-unsaturated/α-hetero) is 1. The number of fused-ring (bicyclic) bond motifs is 1. The number of ether oxygens (including phenoxy) is 1. The maximum Gasteiger partial charge on any atom is 0.220 e. The Hall–Kier alpha value is -3.28. The lowest BCUT2D eigenvalue weighted by Crippen LogP contribution is -2.23. The second-order valence-corrected chi connectivity index (χ2v) is 6.95. The minimum atomic E-state index is -0.341. The molecule has 0 fully saturated rings. The molecule has 0 saturated heterocycles. The van der Waals surface area contributed by atoms with E-state index in [0.29, 0.717) is 41.1 Å². The Morgan fingerprint density at radius 2 is 1.89 bits per heavy atom. The fourth-order valence-corrected chi connectivity index (χ4v) is 4.01. The molecule has 2 aromatic carbocycles. The lowest BCUT2D eigenvalue weighted by Gasteiger charge is -2.26. The molecule has 6 heteroatoms. The largest absolute Gasteiger partial charge is 0.496 e. The maximum absolute atomic E-state index is 14.0. The predicted octanol–water partition coefficient (Wildman–Crippen LogP) is 4.09. The van der Waals surface area contributed by atoms with Gasteiger partial charge in [-0.1, -0.05) is 24.3 Å². The SMILES string of the molecule is COc1ccc(F)cc1-c1ccccc1C1CC(=O)c2c(C)nc(N)nc2C1. The molecule has 0 spiro atoms. The molecule has 1 unspecified atom stereocenters. The van der Waals surface area contributed by atoms with Gasteiger partial charge in [0.25, 0.3) is 0 Å². The molecule has 5 nitrogen and oxygen atoms in total. The fourth-order valence-electron chi connectivity index (χ4n) is 4.01. The Kier molecular flexibility index (Phi) is 4.55. The molecule has 0 radical (unpaired) electrons. The number of nitrogens with two attached hydrogens (primary N) is 1. The number of ketones is 1. The number of carbonyl (C=O) groups excluding carboxylic acids is 1. The molecule has 1 atom stereocenters. The van der Waals surface area contributed by atoms with E-state index in [4.69, 9.17) is 10.5 Å². The van der Waals surface area contributed by atoms with E-state index < -0.39 is 0 Å². The maximum atomic E-state index is 14.0. The molecule has 1 aliphatic rings. The molecule has 2 N–H and O–H groups in total. The molecule has 0 saturated carbocycles. The number of aromatic nitrogens is 2. The van der Waals surface area contributed by atoms with E-state index in [1.807, 2.05) is 24.3 Å². The van der Waals surface area contributed by atoms with Crippen LogP contribution in [0.3, 0.4) is 0 Å². The third-order valence-electron chi connectivity index (χ3n) is 5.18. The van der Waals surface area contributed by atoms with Gasteiger partial charge in [0, 0.05) is 12.0 Å². The Bertz CT molecular complexity index is 1080. The van der Waals surface area contributed by atoms with Crippen LogP contribution in [0.15, 0.2) is 42.5 Å². The van der Waals surface area contributed by atoms with Crippen LogP contribution < -0.4 is 10.5 Å². The van der Waals surface area contributed by atoms with Crippen LogP contribution in [0.4, 0.5) is 10.3 Å². The summed E-state index contributed by atoms with van der Waals surface area (Å²) in [5, 5.41) is 0. The highest BCUT2D eigenvalue weighted by Gasteiger charge is 2.31. The molecule has 0 amide bonds. The fraction of sp³-hybridized carbons (Fsp3) is 0.227. The number of halogens is 1. The second-order valence-electron chi connectivity index (χ2n) is 6.95. The first-order valence-corrected chi connectivity index (χ1v) is 9.07. The number of hydrogen-bond acceptors (Lipinski definition) is 5. The van der Waals surface area contributed by atoms with Crippen LogP contribution in [0, 0.1) is 12.7 Å². The van der Waals surface area contributed by atoms with Crippen molar-refractivity contribution in [2.45, 2.75) is 25.7 Å². The number of methoxy groups -OCH3 is 1. The standard InChI is InChI=1S/C22H20FN3O2/c1-12-21-18(26-22(24)25-12)9-13(10-19(21)27)15-5-3-4-6-16(15)17-11-14(23)7-8-20(17)28-2/h3-8,11,13H,9-10H2,1-2H3,(H2,24,25,26). The molecule has 3 aromatic rings. The van der Waals surface area contributed by atoms with Gasteiger partial charge in [0.1, 0.15) is 11.6 Å². The van der Waals surface area contributed by atoms with Gasteiger partial charge in [-0.2, -0.15) is 0 Å². The normalized spacial score (nSPS) is 16.0. The molecule has 0 bridgehead atoms. The molecule has 28 heavy (non-hydrogen) atoms. The van der Waals surface area contributed by atoms with Crippen molar-refractivity contribution in [1.29, 1.82) is 0 Å². The number of carbonyl (C=O) groups is 1. The zero-order valence-corrected chi connectivity index (χ0v) is 15.7. The Morgan fingerprint density at radius 3 is 2.68 bits per heavy atom. The molecule has 4 rings (SSSR count). The monoisotopic (exact) mass is 377 g/mol. The van der Waals surface area contributed by atoms with Crippen LogP contribution in [-0.4, -0.2) is 22.9 Å². The molecule has 1 aliphatic carbocycles. The number of nitrogens with zero attached hydrogens (tertiary/aromatic N) is 2. The average Bonchev–Trinajstić information content (AvgIpc) is 2.67. The topological polar surface area (TPSA) is 78.1 Å². The number of rotatable bonds is 3. The molecule has 1 aromatic heterocycles. The summed E-state index contributed by atoms with van der Waals surface area (Å²) in [4.78, 5) is 21.3. The van der Waals surface area contributed by atoms with Gasteiger partial charge in [0.05, 0.1) is 24.1 Å². The number of hydrogen-bond donors (Lipinski definition) is 1. The van der Waals surface area contributed by atoms with E-state index in [-0.39, 0.29) is 23.5 Å². The van der Waals surface area contributed by atoms with E-state index in [1.54, 1.807) is 20.1 Å². The van der Waals surface area contributed by atoms with E-state index in [2.05, 4.69) is 9.97 Å². The summed E-state index contributed by atoms with van der Waals surface area (Å²) in [6.45, 7) is 1.78. The smallest absolute Gasteiger partial charge is 0.220 e. The average molecular weight is 377 g/mol. The molecular weight excluding hydrogens is 357 g/mol. The highest BCUT2D eigenvalue weighted by molar-refractivity contribution is 6.00. The number of benzene rings is 2. The first kappa shape index (κ1) is 18.1. The van der Waals surface area contributed by atoms with E-state index >= 15 is 0 Å². The minimum absolute atomic E-state index is 0.00441. The van der Waals surface area contributed by atoms with Gasteiger partial charge in [0.15, 0.2) is 5.78 Å². The van der Waals surface area contributed by atoms with Gasteiger partial charge in [0.2, 0.25) is 5.95 Å². The summed E-state index contributed by atoms with van der Waals surface area (Å²) in [6.07, 6.45) is 0.916. The minimum Gasteiger partial charge on any atom is -0.496 e. The van der Waals surface area contributed by atoms with Crippen LogP contribution in [0.5, 0.6) is 5.75 Å². The van der Waals surface area contributed by atoms with Gasteiger partial charge >= 0.3 is 0 Å². The Labute approximate surface area is 162 Å².